The van der Waals surface area contributed by atoms with E-state index in [2.05, 4.69) is 5.32 Å². The van der Waals surface area contributed by atoms with Crippen LogP contribution in [0.1, 0.15) is 25.5 Å². The Morgan fingerprint density at radius 2 is 2.08 bits per heavy atom. The number of nitrogens with one attached hydrogen (secondary N) is 1. The van der Waals surface area contributed by atoms with Crippen molar-refractivity contribution in [2.24, 2.45) is 5.41 Å². The van der Waals surface area contributed by atoms with Gasteiger partial charge < -0.3 is 15.2 Å². The normalized spacial score (nSPS) is 18.4. The SMILES string of the molecule is CC1(C)COc2cc(-c3ccc(F)cc3Cl)ccc2C1NC(=O)O. The van der Waals surface area contributed by atoms with E-state index >= 15 is 0 Å². The van der Waals surface area contributed by atoms with Crippen LogP contribution in [0.25, 0.3) is 11.1 Å². The molecule has 0 fully saturated rings. The molecule has 2 aromatic carbocycles. The zero-order valence-electron chi connectivity index (χ0n) is 13.3. The van der Waals surface area contributed by atoms with Crippen LogP contribution in [0.3, 0.4) is 0 Å². The molecular formula is C18H17ClFNO3. The van der Waals surface area contributed by atoms with E-state index in [1.54, 1.807) is 12.1 Å². The zero-order valence-corrected chi connectivity index (χ0v) is 14.0. The van der Waals surface area contributed by atoms with Crippen LogP contribution in [0, 0.1) is 11.2 Å². The molecule has 1 heterocycles. The first-order valence-electron chi connectivity index (χ1n) is 7.49. The summed E-state index contributed by atoms with van der Waals surface area (Å²) in [5.74, 6) is 0.205. The minimum atomic E-state index is -1.08. The molecule has 0 aromatic heterocycles. The molecule has 0 radical (unpaired) electrons. The van der Waals surface area contributed by atoms with Crippen LogP contribution in [0.2, 0.25) is 5.02 Å². The molecule has 0 saturated carbocycles. The predicted molar refractivity (Wildman–Crippen MR) is 90.0 cm³/mol. The lowest BCUT2D eigenvalue weighted by atomic mass is 9.78. The highest BCUT2D eigenvalue weighted by Crippen LogP contribution is 2.44. The maximum Gasteiger partial charge on any atom is 0.405 e. The number of amides is 1. The average Bonchev–Trinajstić information content (AvgIpc) is 2.50. The van der Waals surface area contributed by atoms with Crippen molar-refractivity contribution in [3.8, 4) is 16.9 Å². The number of hydrogen-bond acceptors (Lipinski definition) is 2. The molecule has 1 aliphatic rings. The second-order valence-corrected chi connectivity index (χ2v) is 6.94. The summed E-state index contributed by atoms with van der Waals surface area (Å²) in [5, 5.41) is 12.0. The van der Waals surface area contributed by atoms with Gasteiger partial charge in [0.1, 0.15) is 11.6 Å². The molecule has 1 atom stereocenters. The Morgan fingerprint density at radius 1 is 1.33 bits per heavy atom. The highest BCUT2D eigenvalue weighted by atomic mass is 35.5. The van der Waals surface area contributed by atoms with Crippen LogP contribution in [-0.2, 0) is 0 Å². The van der Waals surface area contributed by atoms with Gasteiger partial charge in [-0.05, 0) is 29.8 Å². The highest BCUT2D eigenvalue weighted by Gasteiger charge is 2.38. The molecule has 4 nitrogen and oxygen atoms in total. The van der Waals surface area contributed by atoms with Gasteiger partial charge in [-0.25, -0.2) is 9.18 Å². The van der Waals surface area contributed by atoms with Gasteiger partial charge in [-0.15, -0.1) is 0 Å². The molecule has 0 spiro atoms. The molecule has 3 rings (SSSR count). The Balaban J connectivity index is 2.04. The molecule has 2 aromatic rings. The van der Waals surface area contributed by atoms with Gasteiger partial charge >= 0.3 is 6.09 Å². The zero-order chi connectivity index (χ0) is 17.5. The summed E-state index contributed by atoms with van der Waals surface area (Å²) in [4.78, 5) is 11.1. The second kappa shape index (κ2) is 5.98. The summed E-state index contributed by atoms with van der Waals surface area (Å²) in [5.41, 5.74) is 1.88. The lowest BCUT2D eigenvalue weighted by Crippen LogP contribution is -2.43. The van der Waals surface area contributed by atoms with Gasteiger partial charge in [0.25, 0.3) is 0 Å². The van der Waals surface area contributed by atoms with Crippen molar-refractivity contribution >= 4 is 17.7 Å². The third-order valence-corrected chi connectivity index (χ3v) is 4.53. The first kappa shape index (κ1) is 16.6. The maximum atomic E-state index is 13.2. The van der Waals surface area contributed by atoms with E-state index in [0.29, 0.717) is 22.9 Å². The standard InChI is InChI=1S/C18H17ClFNO3/c1-18(2)9-24-15-7-10(12-6-4-11(20)8-14(12)19)3-5-13(15)16(18)21-17(22)23/h3-8,16,21H,9H2,1-2H3,(H,22,23). The Morgan fingerprint density at radius 3 is 2.75 bits per heavy atom. The fraction of sp³-hybridized carbons (Fsp3) is 0.278. The van der Waals surface area contributed by atoms with Crippen molar-refractivity contribution in [2.75, 3.05) is 6.61 Å². The van der Waals surface area contributed by atoms with Crippen molar-refractivity contribution in [1.29, 1.82) is 0 Å². The van der Waals surface area contributed by atoms with E-state index in [4.69, 9.17) is 21.4 Å². The van der Waals surface area contributed by atoms with E-state index in [-0.39, 0.29) is 11.5 Å². The summed E-state index contributed by atoms with van der Waals surface area (Å²) >= 11 is 6.12. The monoisotopic (exact) mass is 349 g/mol. The fourth-order valence-electron chi connectivity index (χ4n) is 2.95. The van der Waals surface area contributed by atoms with Crippen LogP contribution < -0.4 is 10.1 Å². The quantitative estimate of drug-likeness (QED) is 0.812. The van der Waals surface area contributed by atoms with Gasteiger partial charge in [0.2, 0.25) is 0 Å². The van der Waals surface area contributed by atoms with Crippen LogP contribution in [0.15, 0.2) is 36.4 Å². The number of rotatable bonds is 2. The predicted octanol–water partition coefficient (Wildman–Crippen LogP) is 4.87. The Labute approximate surface area is 144 Å². The van der Waals surface area contributed by atoms with Crippen molar-refractivity contribution in [3.05, 3.63) is 52.8 Å². The molecule has 1 unspecified atom stereocenters. The van der Waals surface area contributed by atoms with Gasteiger partial charge in [0.05, 0.1) is 17.7 Å². The highest BCUT2D eigenvalue weighted by molar-refractivity contribution is 6.33. The summed E-state index contributed by atoms with van der Waals surface area (Å²) in [7, 11) is 0. The minimum Gasteiger partial charge on any atom is -0.493 e. The van der Waals surface area contributed by atoms with Crippen molar-refractivity contribution in [1.82, 2.24) is 5.32 Å². The van der Waals surface area contributed by atoms with Crippen molar-refractivity contribution in [3.63, 3.8) is 0 Å². The third kappa shape index (κ3) is 3.04. The van der Waals surface area contributed by atoms with Crippen molar-refractivity contribution < 1.29 is 19.0 Å². The van der Waals surface area contributed by atoms with Gasteiger partial charge in [-0.1, -0.05) is 37.6 Å². The number of fused-ring (bicyclic) bond motifs is 1. The molecule has 126 valence electrons. The topological polar surface area (TPSA) is 58.6 Å². The number of benzene rings is 2. The Bertz CT molecular complexity index is 807. The summed E-state index contributed by atoms with van der Waals surface area (Å²) in [6.45, 7) is 4.27. The summed E-state index contributed by atoms with van der Waals surface area (Å²) < 4.78 is 19.0. The average molecular weight is 350 g/mol. The van der Waals surface area contributed by atoms with Gasteiger partial charge in [0.15, 0.2) is 0 Å². The lowest BCUT2D eigenvalue weighted by molar-refractivity contribution is 0.0996. The Kier molecular flexibility index (Phi) is 4.13. The lowest BCUT2D eigenvalue weighted by Gasteiger charge is -2.39. The van der Waals surface area contributed by atoms with Crippen LogP contribution in [0.4, 0.5) is 9.18 Å². The molecule has 0 saturated heterocycles. The Hall–Kier alpha value is -2.27. The number of carboxylic acid groups (broad SMARTS) is 1. The molecule has 0 aliphatic carbocycles. The van der Waals surface area contributed by atoms with Gasteiger partial charge in [-0.2, -0.15) is 0 Å². The smallest absolute Gasteiger partial charge is 0.405 e. The largest absolute Gasteiger partial charge is 0.493 e. The molecule has 1 amide bonds. The fourth-order valence-corrected chi connectivity index (χ4v) is 3.23. The first-order valence-corrected chi connectivity index (χ1v) is 7.87. The van der Waals surface area contributed by atoms with Crippen LogP contribution >= 0.6 is 11.6 Å². The second-order valence-electron chi connectivity index (χ2n) is 6.54. The summed E-state index contributed by atoms with van der Waals surface area (Å²) in [6.07, 6.45) is -1.08. The van der Waals surface area contributed by atoms with E-state index < -0.39 is 11.9 Å². The molecule has 6 heteroatoms. The van der Waals surface area contributed by atoms with Crippen LogP contribution in [0.5, 0.6) is 5.75 Å². The van der Waals surface area contributed by atoms with E-state index in [0.717, 1.165) is 11.1 Å². The summed E-state index contributed by atoms with van der Waals surface area (Å²) in [6, 6.07) is 9.30. The van der Waals surface area contributed by atoms with E-state index in [1.165, 1.54) is 12.1 Å². The van der Waals surface area contributed by atoms with Crippen LogP contribution in [-0.4, -0.2) is 17.8 Å². The minimum absolute atomic E-state index is 0.311. The third-order valence-electron chi connectivity index (χ3n) is 4.22. The number of hydrogen-bond donors (Lipinski definition) is 2. The molecule has 1 aliphatic heterocycles. The number of ether oxygens (including phenoxy) is 1. The first-order chi connectivity index (χ1) is 11.3. The molecule has 24 heavy (non-hydrogen) atoms. The molecular weight excluding hydrogens is 333 g/mol. The maximum absolute atomic E-state index is 13.2. The molecule has 2 N–H and O–H groups in total. The number of carbonyl (C=O) groups is 1. The number of halogens is 2. The van der Waals surface area contributed by atoms with E-state index in [1.807, 2.05) is 26.0 Å². The van der Waals surface area contributed by atoms with Gasteiger partial charge in [0, 0.05) is 16.5 Å². The van der Waals surface area contributed by atoms with Gasteiger partial charge in [-0.3, -0.25) is 0 Å². The van der Waals surface area contributed by atoms with E-state index in [9.17, 15) is 9.18 Å². The van der Waals surface area contributed by atoms with Crippen molar-refractivity contribution in [2.45, 2.75) is 19.9 Å². The molecule has 0 bridgehead atoms.